The summed E-state index contributed by atoms with van der Waals surface area (Å²) in [6, 6.07) is 1.75. The maximum absolute atomic E-state index is 5.43. The van der Waals surface area contributed by atoms with E-state index in [2.05, 4.69) is 5.10 Å². The maximum atomic E-state index is 5.43. The van der Waals surface area contributed by atoms with Crippen LogP contribution in [0, 0.1) is 0 Å². The molecule has 2 aromatic rings. The van der Waals surface area contributed by atoms with Crippen molar-refractivity contribution in [3.63, 3.8) is 0 Å². The Morgan fingerprint density at radius 3 is 3.33 bits per heavy atom. The van der Waals surface area contributed by atoms with Gasteiger partial charge in [-0.1, -0.05) is 0 Å². The fraction of sp³-hybridized carbons (Fsp3) is 0. The number of nitrogens with zero attached hydrogens (tertiary/aromatic N) is 2. The minimum absolute atomic E-state index is 0.523. The van der Waals surface area contributed by atoms with Gasteiger partial charge in [0.1, 0.15) is 6.26 Å². The Kier molecular flexibility index (Phi) is 0.631. The summed E-state index contributed by atoms with van der Waals surface area (Å²) in [5, 5.41) is 3.88. The Morgan fingerprint density at radius 2 is 2.56 bits per heavy atom. The van der Waals surface area contributed by atoms with Gasteiger partial charge in [0.05, 0.1) is 6.20 Å². The van der Waals surface area contributed by atoms with Crippen molar-refractivity contribution < 1.29 is 4.42 Å². The van der Waals surface area contributed by atoms with Crippen molar-refractivity contribution in [2.45, 2.75) is 0 Å². The molecule has 4 heteroatoms. The first-order valence-electron chi connectivity index (χ1n) is 2.54. The molecule has 2 aromatic heterocycles. The Bertz CT molecular complexity index is 321. The lowest BCUT2D eigenvalue weighted by molar-refractivity contribution is 0.607. The highest BCUT2D eigenvalue weighted by Gasteiger charge is 1.98. The first kappa shape index (κ1) is 4.43. The van der Waals surface area contributed by atoms with E-state index in [1.807, 2.05) is 0 Å². The first-order chi connectivity index (χ1) is 4.38. The lowest BCUT2D eigenvalue weighted by Crippen LogP contribution is -1.90. The molecule has 0 saturated carbocycles. The van der Waals surface area contributed by atoms with Crippen molar-refractivity contribution in [3.8, 4) is 0 Å². The van der Waals surface area contributed by atoms with Crippen LogP contribution in [0.2, 0.25) is 0 Å². The van der Waals surface area contributed by atoms with Gasteiger partial charge in [0.15, 0.2) is 5.82 Å². The van der Waals surface area contributed by atoms with Crippen LogP contribution in [0.25, 0.3) is 5.71 Å². The van der Waals surface area contributed by atoms with E-state index in [4.69, 9.17) is 10.2 Å². The molecule has 0 radical (unpaired) electrons. The molecule has 0 amide bonds. The molecule has 0 atom stereocenters. The highest BCUT2D eigenvalue weighted by atomic mass is 16.3. The SMILES string of the molecule is Nc1coc2ccnn12. The van der Waals surface area contributed by atoms with Crippen molar-refractivity contribution in [3.05, 3.63) is 18.5 Å². The summed E-state index contributed by atoms with van der Waals surface area (Å²) < 4.78 is 6.49. The maximum Gasteiger partial charge on any atom is 0.223 e. The van der Waals surface area contributed by atoms with Crippen molar-refractivity contribution in [2.24, 2.45) is 0 Å². The number of rotatable bonds is 0. The van der Waals surface area contributed by atoms with E-state index in [0.29, 0.717) is 11.5 Å². The third-order valence-electron chi connectivity index (χ3n) is 1.15. The summed E-state index contributed by atoms with van der Waals surface area (Å²) in [4.78, 5) is 0. The molecule has 9 heavy (non-hydrogen) atoms. The summed E-state index contributed by atoms with van der Waals surface area (Å²) in [5.41, 5.74) is 6.10. The Morgan fingerprint density at radius 1 is 1.67 bits per heavy atom. The lowest BCUT2D eigenvalue weighted by atomic mass is 10.7. The number of aromatic nitrogens is 2. The van der Waals surface area contributed by atoms with Gasteiger partial charge in [-0.2, -0.15) is 9.61 Å². The highest BCUT2D eigenvalue weighted by Crippen LogP contribution is 2.08. The van der Waals surface area contributed by atoms with Gasteiger partial charge in [-0.3, -0.25) is 0 Å². The molecule has 4 nitrogen and oxygen atoms in total. The molecule has 0 aromatic carbocycles. The number of nitrogens with two attached hydrogens (primary N) is 1. The summed E-state index contributed by atoms with van der Waals surface area (Å²) >= 11 is 0. The second-order valence-electron chi connectivity index (χ2n) is 1.74. The van der Waals surface area contributed by atoms with Gasteiger partial charge in [0, 0.05) is 6.07 Å². The van der Waals surface area contributed by atoms with Crippen LogP contribution < -0.4 is 5.73 Å². The zero-order chi connectivity index (χ0) is 6.27. The van der Waals surface area contributed by atoms with E-state index >= 15 is 0 Å². The van der Waals surface area contributed by atoms with Crippen molar-refractivity contribution in [2.75, 3.05) is 5.73 Å². The fourth-order valence-electron chi connectivity index (χ4n) is 0.745. The van der Waals surface area contributed by atoms with Crippen molar-refractivity contribution in [1.29, 1.82) is 0 Å². The van der Waals surface area contributed by atoms with Crippen LogP contribution in [-0.2, 0) is 0 Å². The topological polar surface area (TPSA) is 56.5 Å². The normalized spacial score (nSPS) is 10.7. The van der Waals surface area contributed by atoms with Gasteiger partial charge in [-0.25, -0.2) is 0 Å². The minimum atomic E-state index is 0.523. The predicted molar refractivity (Wildman–Crippen MR) is 31.9 cm³/mol. The average Bonchev–Trinajstić information content (AvgIpc) is 2.35. The summed E-state index contributed by atoms with van der Waals surface area (Å²) in [5.74, 6) is 0.523. The molecule has 2 N–H and O–H groups in total. The first-order valence-corrected chi connectivity index (χ1v) is 2.54. The van der Waals surface area contributed by atoms with Crippen molar-refractivity contribution in [1.82, 2.24) is 9.61 Å². The molecule has 0 bridgehead atoms. The smallest absolute Gasteiger partial charge is 0.223 e. The van der Waals surface area contributed by atoms with Gasteiger partial charge in [0.2, 0.25) is 5.71 Å². The lowest BCUT2D eigenvalue weighted by Gasteiger charge is -1.79. The zero-order valence-corrected chi connectivity index (χ0v) is 4.61. The number of oxazole rings is 1. The predicted octanol–water partition coefficient (Wildman–Crippen LogP) is 0.510. The number of hydrogen-bond acceptors (Lipinski definition) is 3. The van der Waals surface area contributed by atoms with E-state index in [-0.39, 0.29) is 0 Å². The van der Waals surface area contributed by atoms with E-state index in [1.165, 1.54) is 10.8 Å². The number of nitrogen functional groups attached to an aromatic ring is 1. The number of fused-ring (bicyclic) bond motifs is 1. The molecule has 0 aliphatic rings. The molecule has 0 unspecified atom stereocenters. The van der Waals surface area contributed by atoms with Crippen LogP contribution >= 0.6 is 0 Å². The minimum Gasteiger partial charge on any atom is -0.443 e. The van der Waals surface area contributed by atoms with Crippen molar-refractivity contribution >= 4 is 11.5 Å². The van der Waals surface area contributed by atoms with E-state index < -0.39 is 0 Å². The second kappa shape index (κ2) is 1.28. The largest absolute Gasteiger partial charge is 0.443 e. The summed E-state index contributed by atoms with van der Waals surface area (Å²) in [6.45, 7) is 0. The standard InChI is InChI=1S/C5H5N3O/c6-4-3-9-5-1-2-7-8(4)5/h1-3H,6H2. The number of anilines is 1. The average molecular weight is 123 g/mol. The Balaban J connectivity index is 2.99. The van der Waals surface area contributed by atoms with Gasteiger partial charge in [-0.15, -0.1) is 0 Å². The summed E-state index contributed by atoms with van der Waals surface area (Å²) in [7, 11) is 0. The Labute approximate surface area is 50.9 Å². The molecule has 0 fully saturated rings. The van der Waals surface area contributed by atoms with Gasteiger partial charge >= 0.3 is 0 Å². The van der Waals surface area contributed by atoms with Crippen LogP contribution in [-0.4, -0.2) is 9.61 Å². The van der Waals surface area contributed by atoms with Crippen LogP contribution in [0.15, 0.2) is 22.9 Å². The van der Waals surface area contributed by atoms with Gasteiger partial charge in [-0.05, 0) is 0 Å². The molecule has 0 aliphatic carbocycles. The third-order valence-corrected chi connectivity index (χ3v) is 1.15. The molecule has 46 valence electrons. The molecular weight excluding hydrogens is 118 g/mol. The highest BCUT2D eigenvalue weighted by molar-refractivity contribution is 5.41. The number of hydrogen-bond donors (Lipinski definition) is 1. The van der Waals surface area contributed by atoms with E-state index in [0.717, 1.165) is 0 Å². The molecule has 2 rings (SSSR count). The van der Waals surface area contributed by atoms with Gasteiger partial charge in [0.25, 0.3) is 0 Å². The van der Waals surface area contributed by atoms with Gasteiger partial charge < -0.3 is 10.2 Å². The van der Waals surface area contributed by atoms with Crippen LogP contribution in [0.3, 0.4) is 0 Å². The van der Waals surface area contributed by atoms with Crippen LogP contribution in [0.4, 0.5) is 5.82 Å². The van der Waals surface area contributed by atoms with E-state index in [1.54, 1.807) is 12.3 Å². The zero-order valence-electron chi connectivity index (χ0n) is 4.61. The van der Waals surface area contributed by atoms with Crippen LogP contribution in [0.1, 0.15) is 0 Å². The fourth-order valence-corrected chi connectivity index (χ4v) is 0.745. The van der Waals surface area contributed by atoms with E-state index in [9.17, 15) is 0 Å². The molecule has 0 aliphatic heterocycles. The second-order valence-corrected chi connectivity index (χ2v) is 1.74. The molecule has 0 spiro atoms. The molecular formula is C5H5N3O. The van der Waals surface area contributed by atoms with Crippen LogP contribution in [0.5, 0.6) is 0 Å². The third kappa shape index (κ3) is 0.440. The summed E-state index contributed by atoms with van der Waals surface area (Å²) in [6.07, 6.45) is 3.09. The monoisotopic (exact) mass is 123 g/mol. The molecule has 2 heterocycles. The quantitative estimate of drug-likeness (QED) is 0.555. The molecule has 0 saturated heterocycles. The Hall–Kier alpha value is -1.45.